The maximum absolute atomic E-state index is 6.47. The maximum Gasteiger partial charge on any atom is 0.124 e. The molecule has 0 aliphatic rings. The van der Waals surface area contributed by atoms with Crippen LogP contribution in [0.3, 0.4) is 0 Å². The number of likely N-dealkylation sites (N-methyl/N-ethyl adjacent to an activating group) is 1. The zero-order valence-corrected chi connectivity index (χ0v) is 20.4. The lowest BCUT2D eigenvalue weighted by Crippen LogP contribution is -2.28. The van der Waals surface area contributed by atoms with Crippen LogP contribution >= 0.6 is 0 Å². The highest BCUT2D eigenvalue weighted by molar-refractivity contribution is 5.88. The van der Waals surface area contributed by atoms with Gasteiger partial charge in [0.15, 0.2) is 0 Å². The van der Waals surface area contributed by atoms with Crippen molar-refractivity contribution in [3.8, 4) is 5.75 Å². The lowest BCUT2D eigenvalue weighted by Gasteiger charge is -2.25. The van der Waals surface area contributed by atoms with Gasteiger partial charge in [-0.2, -0.15) is 0 Å². The minimum Gasteiger partial charge on any atom is -0.492 e. The highest BCUT2D eigenvalue weighted by Gasteiger charge is 2.20. The Kier molecular flexibility index (Phi) is 8.72. The first-order chi connectivity index (χ1) is 16.8. The molecule has 0 radical (unpaired) electrons. The summed E-state index contributed by atoms with van der Waals surface area (Å²) in [5.74, 6) is 0.979. The Labute approximate surface area is 204 Å². The molecule has 1 N–H and O–H groups in total. The summed E-state index contributed by atoms with van der Waals surface area (Å²) in [4.78, 5) is 2.40. The van der Waals surface area contributed by atoms with E-state index in [1.165, 1.54) is 27.5 Å². The molecule has 0 amide bonds. The van der Waals surface area contributed by atoms with Crippen molar-refractivity contribution in [2.75, 3.05) is 26.2 Å². The predicted octanol–water partition coefficient (Wildman–Crippen LogP) is 6.63. The molecular weight excluding hydrogens is 416 g/mol. The van der Waals surface area contributed by atoms with Crippen LogP contribution in [0.25, 0.3) is 10.8 Å². The molecule has 4 rings (SSSR count). The quantitative estimate of drug-likeness (QED) is 0.261. The third-order valence-electron chi connectivity index (χ3n) is 6.52. The molecule has 3 heteroatoms. The standard InChI is InChI=1S/C31H36N2O/c1-3-33(4-2)21-22-34-30-20-19-27-17-11-12-18-28(27)31(30)29(23-25-13-7-5-8-14-25)32-24-26-15-9-6-10-16-26/h5-20,29,32H,3-4,21-24H2,1-2H3. The largest absolute Gasteiger partial charge is 0.492 e. The number of nitrogens with one attached hydrogen (secondary N) is 1. The molecule has 34 heavy (non-hydrogen) atoms. The van der Waals surface area contributed by atoms with Crippen molar-refractivity contribution in [3.63, 3.8) is 0 Å². The monoisotopic (exact) mass is 452 g/mol. The summed E-state index contributed by atoms with van der Waals surface area (Å²) in [5.41, 5.74) is 3.84. The van der Waals surface area contributed by atoms with Gasteiger partial charge in [-0.25, -0.2) is 0 Å². The second kappa shape index (κ2) is 12.4. The van der Waals surface area contributed by atoms with Gasteiger partial charge in [-0.3, -0.25) is 0 Å². The van der Waals surface area contributed by atoms with Gasteiger partial charge in [-0.1, -0.05) is 105 Å². The molecular formula is C31H36N2O. The molecule has 0 aliphatic heterocycles. The fraction of sp³-hybridized carbons (Fsp3) is 0.290. The van der Waals surface area contributed by atoms with Crippen molar-refractivity contribution < 1.29 is 4.74 Å². The maximum atomic E-state index is 6.47. The Hall–Kier alpha value is -3.14. The molecule has 0 bridgehead atoms. The number of hydrogen-bond acceptors (Lipinski definition) is 3. The van der Waals surface area contributed by atoms with E-state index in [4.69, 9.17) is 4.74 Å². The zero-order valence-electron chi connectivity index (χ0n) is 20.4. The molecule has 4 aromatic rings. The Bertz CT molecular complexity index is 1140. The van der Waals surface area contributed by atoms with Crippen molar-refractivity contribution in [2.24, 2.45) is 0 Å². The number of fused-ring (bicyclic) bond motifs is 1. The van der Waals surface area contributed by atoms with E-state index in [-0.39, 0.29) is 6.04 Å². The highest BCUT2D eigenvalue weighted by atomic mass is 16.5. The van der Waals surface area contributed by atoms with Gasteiger partial charge in [0.2, 0.25) is 0 Å². The smallest absolute Gasteiger partial charge is 0.124 e. The summed E-state index contributed by atoms with van der Waals surface area (Å²) in [6.45, 7) is 8.91. The van der Waals surface area contributed by atoms with Crippen LogP contribution in [0.2, 0.25) is 0 Å². The van der Waals surface area contributed by atoms with Crippen molar-refractivity contribution in [2.45, 2.75) is 32.9 Å². The van der Waals surface area contributed by atoms with Crippen molar-refractivity contribution in [1.82, 2.24) is 10.2 Å². The molecule has 0 fully saturated rings. The molecule has 176 valence electrons. The van der Waals surface area contributed by atoms with E-state index >= 15 is 0 Å². The third kappa shape index (κ3) is 6.25. The van der Waals surface area contributed by atoms with Crippen LogP contribution in [0.5, 0.6) is 5.75 Å². The van der Waals surface area contributed by atoms with Crippen LogP contribution in [0.4, 0.5) is 0 Å². The highest BCUT2D eigenvalue weighted by Crippen LogP contribution is 2.35. The summed E-state index contributed by atoms with van der Waals surface area (Å²) < 4.78 is 6.47. The van der Waals surface area contributed by atoms with E-state index in [9.17, 15) is 0 Å². The molecule has 0 saturated heterocycles. The Morgan fingerprint density at radius 2 is 1.38 bits per heavy atom. The fourth-order valence-electron chi connectivity index (χ4n) is 4.55. The molecule has 0 aromatic heterocycles. The molecule has 0 saturated carbocycles. The van der Waals surface area contributed by atoms with E-state index in [2.05, 4.69) is 121 Å². The number of ether oxygens (including phenoxy) is 1. The van der Waals surface area contributed by atoms with Crippen LogP contribution in [0.1, 0.15) is 36.6 Å². The molecule has 0 aliphatic carbocycles. The minimum atomic E-state index is 0.122. The first-order valence-electron chi connectivity index (χ1n) is 12.5. The Morgan fingerprint density at radius 3 is 2.09 bits per heavy atom. The van der Waals surface area contributed by atoms with Gasteiger partial charge >= 0.3 is 0 Å². The Morgan fingerprint density at radius 1 is 0.735 bits per heavy atom. The topological polar surface area (TPSA) is 24.5 Å². The molecule has 3 nitrogen and oxygen atoms in total. The van der Waals surface area contributed by atoms with Crippen LogP contribution in [0, 0.1) is 0 Å². The van der Waals surface area contributed by atoms with Gasteiger partial charge < -0.3 is 15.0 Å². The van der Waals surface area contributed by atoms with Crippen LogP contribution in [-0.2, 0) is 13.0 Å². The van der Waals surface area contributed by atoms with E-state index in [1.807, 2.05) is 0 Å². The predicted molar refractivity (Wildman–Crippen MR) is 143 cm³/mol. The lowest BCUT2D eigenvalue weighted by atomic mass is 9.92. The first kappa shape index (κ1) is 24.0. The van der Waals surface area contributed by atoms with Gasteiger partial charge in [0, 0.05) is 24.7 Å². The summed E-state index contributed by atoms with van der Waals surface area (Å²) in [5, 5.41) is 6.36. The van der Waals surface area contributed by atoms with E-state index in [0.717, 1.165) is 38.3 Å². The van der Waals surface area contributed by atoms with Crippen LogP contribution in [0.15, 0.2) is 97.1 Å². The average Bonchev–Trinajstić information content (AvgIpc) is 2.90. The summed E-state index contributed by atoms with van der Waals surface area (Å²) in [6, 6.07) is 34.5. The molecule has 1 unspecified atom stereocenters. The van der Waals surface area contributed by atoms with Gasteiger partial charge in [-0.05, 0) is 47.5 Å². The van der Waals surface area contributed by atoms with Gasteiger partial charge in [0.05, 0.1) is 0 Å². The Balaban J connectivity index is 1.68. The van der Waals surface area contributed by atoms with E-state index in [0.29, 0.717) is 6.61 Å². The summed E-state index contributed by atoms with van der Waals surface area (Å²) in [6.07, 6.45) is 0.897. The molecule has 1 atom stereocenters. The fourth-order valence-corrected chi connectivity index (χ4v) is 4.55. The number of nitrogens with zero attached hydrogens (tertiary/aromatic N) is 1. The van der Waals surface area contributed by atoms with Gasteiger partial charge in [0.25, 0.3) is 0 Å². The normalized spacial score (nSPS) is 12.2. The third-order valence-corrected chi connectivity index (χ3v) is 6.52. The first-order valence-corrected chi connectivity index (χ1v) is 12.5. The van der Waals surface area contributed by atoms with E-state index < -0.39 is 0 Å². The number of hydrogen-bond donors (Lipinski definition) is 1. The zero-order chi connectivity index (χ0) is 23.6. The molecule has 0 spiro atoms. The van der Waals surface area contributed by atoms with Gasteiger partial charge in [0.1, 0.15) is 12.4 Å². The SMILES string of the molecule is CCN(CC)CCOc1ccc2ccccc2c1C(Cc1ccccc1)NCc1ccccc1. The van der Waals surface area contributed by atoms with Crippen molar-refractivity contribution in [3.05, 3.63) is 114 Å². The van der Waals surface area contributed by atoms with Crippen molar-refractivity contribution in [1.29, 1.82) is 0 Å². The number of rotatable bonds is 12. The van der Waals surface area contributed by atoms with E-state index in [1.54, 1.807) is 0 Å². The molecule has 0 heterocycles. The summed E-state index contributed by atoms with van der Waals surface area (Å²) >= 11 is 0. The molecule has 4 aromatic carbocycles. The van der Waals surface area contributed by atoms with Crippen LogP contribution in [-0.4, -0.2) is 31.1 Å². The van der Waals surface area contributed by atoms with Gasteiger partial charge in [-0.15, -0.1) is 0 Å². The average molecular weight is 453 g/mol. The lowest BCUT2D eigenvalue weighted by molar-refractivity contribution is 0.220. The summed E-state index contributed by atoms with van der Waals surface area (Å²) in [7, 11) is 0. The van der Waals surface area contributed by atoms with Crippen molar-refractivity contribution >= 4 is 10.8 Å². The number of benzene rings is 4. The minimum absolute atomic E-state index is 0.122. The second-order valence-corrected chi connectivity index (χ2v) is 8.68. The van der Waals surface area contributed by atoms with Crippen LogP contribution < -0.4 is 10.1 Å². The second-order valence-electron chi connectivity index (χ2n) is 8.68.